The van der Waals surface area contributed by atoms with Gasteiger partial charge in [0.2, 0.25) is 0 Å². The third-order valence-corrected chi connectivity index (χ3v) is 5.06. The summed E-state index contributed by atoms with van der Waals surface area (Å²) in [6, 6.07) is 9.53. The van der Waals surface area contributed by atoms with Gasteiger partial charge in [-0.2, -0.15) is 0 Å². The molecule has 2 rings (SSSR count). The molecule has 0 atom stereocenters. The standard InChI is InChI=1S/C12H8BrClFNO2S/c13-12-10(14)5-2-6-11(12)16-19(17,18)9-4-1-3-8(15)7-9/h1-7,16H. The smallest absolute Gasteiger partial charge is 0.262 e. The third-order valence-electron chi connectivity index (χ3n) is 2.30. The summed E-state index contributed by atoms with van der Waals surface area (Å²) in [6.07, 6.45) is 0. The summed E-state index contributed by atoms with van der Waals surface area (Å²) in [5, 5.41) is 0.374. The van der Waals surface area contributed by atoms with Crippen LogP contribution in [-0.4, -0.2) is 8.42 Å². The van der Waals surface area contributed by atoms with Crippen molar-refractivity contribution in [1.82, 2.24) is 0 Å². The van der Waals surface area contributed by atoms with Gasteiger partial charge in [-0.15, -0.1) is 0 Å². The van der Waals surface area contributed by atoms with Gasteiger partial charge in [0.15, 0.2) is 0 Å². The Kier molecular flexibility index (Phi) is 4.13. The van der Waals surface area contributed by atoms with Crippen LogP contribution in [0.3, 0.4) is 0 Å². The van der Waals surface area contributed by atoms with Crippen LogP contribution in [0.4, 0.5) is 10.1 Å². The van der Waals surface area contributed by atoms with Gasteiger partial charge < -0.3 is 0 Å². The molecule has 0 amide bonds. The van der Waals surface area contributed by atoms with Crippen molar-refractivity contribution < 1.29 is 12.8 Å². The van der Waals surface area contributed by atoms with Gasteiger partial charge in [0.1, 0.15) is 5.82 Å². The molecule has 7 heteroatoms. The Labute approximate surface area is 123 Å². The van der Waals surface area contributed by atoms with E-state index in [1.54, 1.807) is 18.2 Å². The van der Waals surface area contributed by atoms with Crippen LogP contribution >= 0.6 is 27.5 Å². The summed E-state index contributed by atoms with van der Waals surface area (Å²) in [6.45, 7) is 0. The van der Waals surface area contributed by atoms with Crippen LogP contribution in [0.2, 0.25) is 5.02 Å². The van der Waals surface area contributed by atoms with Gasteiger partial charge in [-0.25, -0.2) is 12.8 Å². The molecule has 2 aromatic rings. The zero-order valence-electron chi connectivity index (χ0n) is 9.40. The molecule has 0 aliphatic rings. The molecule has 0 aliphatic heterocycles. The van der Waals surface area contributed by atoms with E-state index in [1.165, 1.54) is 18.2 Å². The molecule has 0 bridgehead atoms. The van der Waals surface area contributed by atoms with Gasteiger partial charge >= 0.3 is 0 Å². The second-order valence-electron chi connectivity index (χ2n) is 3.66. The highest BCUT2D eigenvalue weighted by molar-refractivity contribution is 9.10. The second-order valence-corrected chi connectivity index (χ2v) is 6.55. The number of hydrogen-bond donors (Lipinski definition) is 1. The molecule has 19 heavy (non-hydrogen) atoms. The molecule has 0 unspecified atom stereocenters. The average molecular weight is 365 g/mol. The Bertz CT molecular complexity index is 721. The van der Waals surface area contributed by atoms with Gasteiger partial charge in [0.05, 0.1) is 20.1 Å². The quantitative estimate of drug-likeness (QED) is 0.893. The Hall–Kier alpha value is -1.11. The first-order chi connectivity index (χ1) is 8.90. The van der Waals surface area contributed by atoms with Gasteiger partial charge in [-0.05, 0) is 46.3 Å². The summed E-state index contributed by atoms with van der Waals surface area (Å²) >= 11 is 9.06. The van der Waals surface area contributed by atoms with Crippen molar-refractivity contribution in [3.63, 3.8) is 0 Å². The summed E-state index contributed by atoms with van der Waals surface area (Å²) in [4.78, 5) is -0.153. The minimum absolute atomic E-state index is 0.153. The van der Waals surface area contributed by atoms with Crippen molar-refractivity contribution in [3.05, 3.63) is 57.8 Å². The van der Waals surface area contributed by atoms with Crippen molar-refractivity contribution in [2.75, 3.05) is 4.72 Å². The molecule has 1 N–H and O–H groups in total. The van der Waals surface area contributed by atoms with Crippen LogP contribution in [0.25, 0.3) is 0 Å². The lowest BCUT2D eigenvalue weighted by Gasteiger charge is -2.10. The Morgan fingerprint density at radius 2 is 1.84 bits per heavy atom. The molecule has 100 valence electrons. The molecular weight excluding hydrogens is 357 g/mol. The van der Waals surface area contributed by atoms with Crippen LogP contribution in [0.15, 0.2) is 51.8 Å². The van der Waals surface area contributed by atoms with Gasteiger partial charge in [-0.1, -0.05) is 23.7 Å². The molecular formula is C12H8BrClFNO2S. The first kappa shape index (κ1) is 14.3. The summed E-state index contributed by atoms with van der Waals surface area (Å²) in [7, 11) is -3.85. The van der Waals surface area contributed by atoms with Crippen molar-refractivity contribution in [2.24, 2.45) is 0 Å². The van der Waals surface area contributed by atoms with Crippen LogP contribution in [0, 0.1) is 5.82 Å². The molecule has 0 fully saturated rings. The molecule has 0 aromatic heterocycles. The number of halogens is 3. The normalized spacial score (nSPS) is 11.3. The number of rotatable bonds is 3. The molecule has 2 aromatic carbocycles. The number of sulfonamides is 1. The van der Waals surface area contributed by atoms with Crippen LogP contribution in [0.1, 0.15) is 0 Å². The Morgan fingerprint density at radius 1 is 1.16 bits per heavy atom. The Morgan fingerprint density at radius 3 is 2.53 bits per heavy atom. The van der Waals surface area contributed by atoms with Crippen molar-refractivity contribution >= 4 is 43.2 Å². The van der Waals surface area contributed by atoms with Crippen molar-refractivity contribution in [1.29, 1.82) is 0 Å². The lowest BCUT2D eigenvalue weighted by Crippen LogP contribution is -2.13. The first-order valence-electron chi connectivity index (χ1n) is 5.12. The predicted molar refractivity (Wildman–Crippen MR) is 76.4 cm³/mol. The van der Waals surface area contributed by atoms with Crippen LogP contribution < -0.4 is 4.72 Å². The molecule has 0 saturated heterocycles. The lowest BCUT2D eigenvalue weighted by molar-refractivity contribution is 0.595. The molecule has 0 saturated carbocycles. The maximum Gasteiger partial charge on any atom is 0.262 e. The maximum absolute atomic E-state index is 13.1. The van der Waals surface area contributed by atoms with E-state index < -0.39 is 15.8 Å². The second kappa shape index (κ2) is 5.48. The van der Waals surface area contributed by atoms with Crippen LogP contribution in [-0.2, 0) is 10.0 Å². The van der Waals surface area contributed by atoms with E-state index in [4.69, 9.17) is 11.6 Å². The van der Waals surface area contributed by atoms with Gasteiger partial charge in [-0.3, -0.25) is 4.72 Å². The van der Waals surface area contributed by atoms with Gasteiger partial charge in [0.25, 0.3) is 10.0 Å². The number of nitrogens with one attached hydrogen (secondary N) is 1. The van der Waals surface area contributed by atoms with E-state index in [0.717, 1.165) is 6.07 Å². The molecule has 0 heterocycles. The van der Waals surface area contributed by atoms with Gasteiger partial charge in [0, 0.05) is 0 Å². The fourth-order valence-electron chi connectivity index (χ4n) is 1.42. The molecule has 3 nitrogen and oxygen atoms in total. The number of hydrogen-bond acceptors (Lipinski definition) is 2. The van der Waals surface area contributed by atoms with E-state index >= 15 is 0 Å². The first-order valence-corrected chi connectivity index (χ1v) is 7.78. The monoisotopic (exact) mass is 363 g/mol. The highest BCUT2D eigenvalue weighted by Gasteiger charge is 2.16. The molecule has 0 spiro atoms. The van der Waals surface area contributed by atoms with Crippen LogP contribution in [0.5, 0.6) is 0 Å². The average Bonchev–Trinajstić information content (AvgIpc) is 2.35. The fraction of sp³-hybridized carbons (Fsp3) is 0. The lowest BCUT2D eigenvalue weighted by atomic mass is 10.3. The summed E-state index contributed by atoms with van der Waals surface area (Å²) in [5.74, 6) is -0.618. The highest BCUT2D eigenvalue weighted by atomic mass is 79.9. The summed E-state index contributed by atoms with van der Waals surface area (Å²) in [5.41, 5.74) is 0.289. The SMILES string of the molecule is O=S(=O)(Nc1cccc(Cl)c1Br)c1cccc(F)c1. The number of anilines is 1. The van der Waals surface area contributed by atoms with Crippen molar-refractivity contribution in [2.45, 2.75) is 4.90 Å². The number of benzene rings is 2. The predicted octanol–water partition coefficient (Wildman–Crippen LogP) is 4.04. The van der Waals surface area contributed by atoms with E-state index in [0.29, 0.717) is 9.50 Å². The van der Waals surface area contributed by atoms with E-state index in [2.05, 4.69) is 20.7 Å². The molecule has 0 aliphatic carbocycles. The topological polar surface area (TPSA) is 46.2 Å². The fourth-order valence-corrected chi connectivity index (χ4v) is 3.19. The third kappa shape index (κ3) is 3.26. The van der Waals surface area contributed by atoms with E-state index in [1.807, 2.05) is 0 Å². The molecule has 0 radical (unpaired) electrons. The van der Waals surface area contributed by atoms with Crippen molar-refractivity contribution in [3.8, 4) is 0 Å². The van der Waals surface area contributed by atoms with E-state index in [-0.39, 0.29) is 10.6 Å². The zero-order chi connectivity index (χ0) is 14.0. The summed E-state index contributed by atoms with van der Waals surface area (Å²) < 4.78 is 40.0. The Balaban J connectivity index is 2.39. The minimum atomic E-state index is -3.85. The van der Waals surface area contributed by atoms with E-state index in [9.17, 15) is 12.8 Å². The largest absolute Gasteiger partial charge is 0.278 e. The minimum Gasteiger partial charge on any atom is -0.278 e. The maximum atomic E-state index is 13.1. The highest BCUT2D eigenvalue weighted by Crippen LogP contribution is 2.31. The zero-order valence-corrected chi connectivity index (χ0v) is 12.6.